The third-order valence-electron chi connectivity index (χ3n) is 3.39. The minimum atomic E-state index is -3.56. The van der Waals surface area contributed by atoms with Crippen molar-refractivity contribution in [1.29, 1.82) is 0 Å². The highest BCUT2D eigenvalue weighted by Gasteiger charge is 2.45. The molecule has 2 aromatic rings. The van der Waals surface area contributed by atoms with E-state index >= 15 is 0 Å². The molecule has 0 amide bonds. The molecule has 1 aliphatic carbocycles. The van der Waals surface area contributed by atoms with Crippen molar-refractivity contribution in [2.45, 2.75) is 23.3 Å². The Morgan fingerprint density at radius 3 is 2.79 bits per heavy atom. The van der Waals surface area contributed by atoms with Crippen LogP contribution in [0.25, 0.3) is 10.8 Å². The molecule has 100 valence electrons. The fourth-order valence-electron chi connectivity index (χ4n) is 2.08. The summed E-state index contributed by atoms with van der Waals surface area (Å²) < 4.78 is 27.7. The number of nitrogens with one attached hydrogen (secondary N) is 1. The lowest BCUT2D eigenvalue weighted by atomic mass is 10.2. The summed E-state index contributed by atoms with van der Waals surface area (Å²) >= 11 is 5.83. The van der Waals surface area contributed by atoms with Gasteiger partial charge in [0.15, 0.2) is 0 Å². The number of hydrogen-bond acceptors (Lipinski definition) is 3. The van der Waals surface area contributed by atoms with E-state index in [2.05, 4.69) is 9.71 Å². The standard InChI is InChI=1S/C13H13ClN2O2S/c14-9-13(5-6-13)16-19(17,18)12-3-1-2-10-8-15-7-4-11(10)12/h1-4,7-8,16H,5-6,9H2. The lowest BCUT2D eigenvalue weighted by molar-refractivity contribution is 0.560. The van der Waals surface area contributed by atoms with E-state index in [0.29, 0.717) is 11.3 Å². The SMILES string of the molecule is O=S(=O)(NC1(CCl)CC1)c1cccc2cnccc12. The number of aromatic nitrogens is 1. The second-order valence-corrected chi connectivity index (χ2v) is 6.79. The van der Waals surface area contributed by atoms with Crippen molar-refractivity contribution in [2.24, 2.45) is 0 Å². The first-order chi connectivity index (χ1) is 9.06. The van der Waals surface area contributed by atoms with Crippen molar-refractivity contribution in [3.05, 3.63) is 36.7 Å². The van der Waals surface area contributed by atoms with Crippen LogP contribution < -0.4 is 4.72 Å². The van der Waals surface area contributed by atoms with Gasteiger partial charge in [0.25, 0.3) is 0 Å². The van der Waals surface area contributed by atoms with Crippen LogP contribution >= 0.6 is 11.6 Å². The smallest absolute Gasteiger partial charge is 0.241 e. The second kappa shape index (κ2) is 4.44. The molecule has 19 heavy (non-hydrogen) atoms. The molecule has 6 heteroatoms. The first-order valence-electron chi connectivity index (χ1n) is 5.99. The van der Waals surface area contributed by atoms with Gasteiger partial charge in [0.2, 0.25) is 10.0 Å². The normalized spacial score (nSPS) is 17.5. The zero-order valence-electron chi connectivity index (χ0n) is 10.1. The summed E-state index contributed by atoms with van der Waals surface area (Å²) in [4.78, 5) is 4.28. The number of sulfonamides is 1. The number of hydrogen-bond donors (Lipinski definition) is 1. The van der Waals surface area contributed by atoms with Crippen molar-refractivity contribution in [3.8, 4) is 0 Å². The third kappa shape index (κ3) is 2.33. The second-order valence-electron chi connectivity index (χ2n) is 4.87. The Bertz CT molecular complexity index is 721. The molecule has 1 fully saturated rings. The number of alkyl halides is 1. The van der Waals surface area contributed by atoms with Crippen LogP contribution in [0.5, 0.6) is 0 Å². The van der Waals surface area contributed by atoms with Gasteiger partial charge >= 0.3 is 0 Å². The number of pyridine rings is 1. The molecular weight excluding hydrogens is 284 g/mol. The van der Waals surface area contributed by atoms with Crippen molar-refractivity contribution in [1.82, 2.24) is 9.71 Å². The van der Waals surface area contributed by atoms with Crippen molar-refractivity contribution < 1.29 is 8.42 Å². The molecule has 0 unspecified atom stereocenters. The van der Waals surface area contributed by atoms with Crippen LogP contribution in [0.2, 0.25) is 0 Å². The Labute approximate surface area is 116 Å². The third-order valence-corrected chi connectivity index (χ3v) is 5.54. The zero-order valence-corrected chi connectivity index (χ0v) is 11.7. The molecule has 1 aromatic heterocycles. The van der Waals surface area contributed by atoms with Crippen LogP contribution in [0.3, 0.4) is 0 Å². The molecule has 3 rings (SSSR count). The van der Waals surface area contributed by atoms with Crippen molar-refractivity contribution in [3.63, 3.8) is 0 Å². The molecule has 0 atom stereocenters. The number of rotatable bonds is 4. The molecule has 1 heterocycles. The van der Waals surface area contributed by atoms with Crippen LogP contribution in [0.1, 0.15) is 12.8 Å². The first-order valence-corrected chi connectivity index (χ1v) is 8.01. The van der Waals surface area contributed by atoms with Gasteiger partial charge in [-0.3, -0.25) is 4.98 Å². The van der Waals surface area contributed by atoms with E-state index in [-0.39, 0.29) is 4.90 Å². The molecule has 1 N–H and O–H groups in total. The van der Waals surface area contributed by atoms with Crippen LogP contribution in [-0.2, 0) is 10.0 Å². The van der Waals surface area contributed by atoms with E-state index < -0.39 is 15.6 Å². The van der Waals surface area contributed by atoms with Crippen molar-refractivity contribution in [2.75, 3.05) is 5.88 Å². The van der Waals surface area contributed by atoms with E-state index in [1.807, 2.05) is 6.07 Å². The fraction of sp³-hybridized carbons (Fsp3) is 0.308. The summed E-state index contributed by atoms with van der Waals surface area (Å²) in [5.74, 6) is 0.304. The molecule has 1 aliphatic rings. The summed E-state index contributed by atoms with van der Waals surface area (Å²) in [7, 11) is -3.56. The lowest BCUT2D eigenvalue weighted by Crippen LogP contribution is -2.38. The lowest BCUT2D eigenvalue weighted by Gasteiger charge is -2.15. The van der Waals surface area contributed by atoms with Crippen LogP contribution in [-0.4, -0.2) is 24.8 Å². The van der Waals surface area contributed by atoms with Gasteiger partial charge in [-0.2, -0.15) is 0 Å². The molecule has 1 saturated carbocycles. The Balaban J connectivity index is 2.08. The minimum Gasteiger partial charge on any atom is -0.264 e. The molecule has 0 radical (unpaired) electrons. The van der Waals surface area contributed by atoms with Gasteiger partial charge in [0, 0.05) is 34.6 Å². The van der Waals surface area contributed by atoms with Gasteiger partial charge < -0.3 is 0 Å². The highest BCUT2D eigenvalue weighted by Crippen LogP contribution is 2.38. The highest BCUT2D eigenvalue weighted by atomic mass is 35.5. The average molecular weight is 297 g/mol. The molecular formula is C13H13ClN2O2S. The molecule has 0 aliphatic heterocycles. The van der Waals surface area contributed by atoms with Gasteiger partial charge in [-0.15, -0.1) is 11.6 Å². The largest absolute Gasteiger partial charge is 0.264 e. The van der Waals surface area contributed by atoms with E-state index in [1.54, 1.807) is 30.6 Å². The molecule has 4 nitrogen and oxygen atoms in total. The van der Waals surface area contributed by atoms with E-state index in [0.717, 1.165) is 18.2 Å². The molecule has 0 bridgehead atoms. The number of halogens is 1. The predicted molar refractivity (Wildman–Crippen MR) is 74.7 cm³/mol. The topological polar surface area (TPSA) is 59.1 Å². The Hall–Kier alpha value is -1.17. The van der Waals surface area contributed by atoms with Gasteiger partial charge in [0.05, 0.1) is 4.90 Å². The van der Waals surface area contributed by atoms with Crippen LogP contribution in [0, 0.1) is 0 Å². The summed E-state index contributed by atoms with van der Waals surface area (Å²) in [6.45, 7) is 0. The van der Waals surface area contributed by atoms with E-state index in [1.165, 1.54) is 0 Å². The summed E-state index contributed by atoms with van der Waals surface area (Å²) in [6, 6.07) is 6.88. The average Bonchev–Trinajstić information content (AvgIpc) is 3.17. The first kappa shape index (κ1) is 12.8. The number of nitrogens with zero attached hydrogens (tertiary/aromatic N) is 1. The minimum absolute atomic E-state index is 0.281. The van der Waals surface area contributed by atoms with Gasteiger partial charge in [-0.25, -0.2) is 13.1 Å². The molecule has 0 saturated heterocycles. The van der Waals surface area contributed by atoms with Gasteiger partial charge in [-0.05, 0) is 25.0 Å². The highest BCUT2D eigenvalue weighted by molar-refractivity contribution is 7.89. The number of fused-ring (bicyclic) bond motifs is 1. The number of benzene rings is 1. The molecule has 0 spiro atoms. The van der Waals surface area contributed by atoms with Crippen LogP contribution in [0.4, 0.5) is 0 Å². The maximum Gasteiger partial charge on any atom is 0.241 e. The zero-order chi connectivity index (χ0) is 13.5. The quantitative estimate of drug-likeness (QED) is 0.881. The van der Waals surface area contributed by atoms with E-state index in [4.69, 9.17) is 11.6 Å². The van der Waals surface area contributed by atoms with Gasteiger partial charge in [-0.1, -0.05) is 12.1 Å². The predicted octanol–water partition coefficient (Wildman–Crippen LogP) is 2.28. The van der Waals surface area contributed by atoms with E-state index in [9.17, 15) is 8.42 Å². The van der Waals surface area contributed by atoms with Crippen molar-refractivity contribution >= 4 is 32.4 Å². The van der Waals surface area contributed by atoms with Gasteiger partial charge in [0.1, 0.15) is 0 Å². The fourth-order valence-corrected chi connectivity index (χ4v) is 4.18. The summed E-state index contributed by atoms with van der Waals surface area (Å²) in [5.41, 5.74) is -0.449. The summed E-state index contributed by atoms with van der Waals surface area (Å²) in [6.07, 6.45) is 4.84. The summed E-state index contributed by atoms with van der Waals surface area (Å²) in [5, 5.41) is 1.48. The van der Waals surface area contributed by atoms with Crippen LogP contribution in [0.15, 0.2) is 41.6 Å². The Morgan fingerprint density at radius 2 is 2.11 bits per heavy atom. The maximum atomic E-state index is 12.5. The Kier molecular flexibility index (Phi) is 3.00. The maximum absolute atomic E-state index is 12.5. The molecule has 1 aromatic carbocycles. The Morgan fingerprint density at radius 1 is 1.32 bits per heavy atom. The monoisotopic (exact) mass is 296 g/mol.